The monoisotopic (exact) mass is 1490 g/mol. The van der Waals surface area contributed by atoms with Gasteiger partial charge in [-0.1, -0.05) is 97.7 Å². The van der Waals surface area contributed by atoms with Crippen molar-refractivity contribution in [1.29, 1.82) is 0 Å². The molecule has 0 aromatic heterocycles. The predicted octanol–water partition coefficient (Wildman–Crippen LogP) is 7.43. The van der Waals surface area contributed by atoms with Gasteiger partial charge in [0.2, 0.25) is 0 Å². The smallest absolute Gasteiger partial charge is 0.307 e. The zero-order valence-electron chi connectivity index (χ0n) is 48.9. The molecule has 0 aliphatic heterocycles. The summed E-state index contributed by atoms with van der Waals surface area (Å²) in [7, 11) is 0. The molecule has 2 N–H and O–H groups in total. The molecule has 0 aliphatic rings. The van der Waals surface area contributed by atoms with Crippen LogP contribution in [-0.4, -0.2) is 273 Å². The minimum atomic E-state index is -1.04. The quantitative estimate of drug-likeness (QED) is 0.0116. The average Bonchev–Trinajstić information content (AvgIpc) is 3.54. The molecule has 0 spiro atoms. The first kappa shape index (κ1) is 85.0. The van der Waals surface area contributed by atoms with Crippen molar-refractivity contribution in [1.82, 2.24) is 30.2 Å². The van der Waals surface area contributed by atoms with E-state index in [-0.39, 0.29) is 105 Å². The van der Waals surface area contributed by atoms with Crippen molar-refractivity contribution in [3.8, 4) is 0 Å². The Morgan fingerprint density at radius 3 is 1.05 bits per heavy atom. The summed E-state index contributed by atoms with van der Waals surface area (Å²) < 4.78 is 49.8. The average molecular weight is 1490 g/mol. The van der Waals surface area contributed by atoms with Crippen LogP contribution in [0.1, 0.15) is 51.4 Å². The number of hydrogen-bond acceptors (Lipinski definition) is 28. The molecule has 0 aromatic carbocycles. The molecule has 18 nitrogen and oxygen atoms in total. The zero-order valence-corrected chi connectivity index (χ0v) is 62.3. The van der Waals surface area contributed by atoms with Gasteiger partial charge in [-0.15, -0.1) is 47.0 Å². The van der Waals surface area contributed by atoms with Crippen LogP contribution in [0.5, 0.6) is 0 Å². The van der Waals surface area contributed by atoms with Gasteiger partial charge in [0.15, 0.2) is 0 Å². The van der Waals surface area contributed by atoms with Crippen LogP contribution in [0.3, 0.4) is 0 Å². The maximum Gasteiger partial charge on any atom is 0.307 e. The summed E-state index contributed by atoms with van der Waals surface area (Å²) in [5, 5.41) is 6.28. The Morgan fingerprint density at radius 2 is 0.729 bits per heavy atom. The number of hydrogen-bond donors (Lipinski definition) is 6. The number of thiocarbonyl (C=S) groups is 8. The summed E-state index contributed by atoms with van der Waals surface area (Å²) in [6.07, 6.45) is 11.0. The molecule has 34 heteroatoms. The zero-order chi connectivity index (χ0) is 63.7. The fraction of sp³-hybridized carbons (Fsp3) is 0.765. The number of esters is 4. The molecular formula is C51H86N6O12S16. The topological polar surface area (TPSA) is 179 Å². The van der Waals surface area contributed by atoms with Crippen molar-refractivity contribution in [3.05, 3.63) is 0 Å². The minimum Gasteiger partial charge on any atom is -0.463 e. The van der Waals surface area contributed by atoms with Gasteiger partial charge in [0.05, 0.1) is 98.9 Å². The first-order valence-electron chi connectivity index (χ1n) is 27.0. The highest BCUT2D eigenvalue weighted by molar-refractivity contribution is 8.23. The van der Waals surface area contributed by atoms with Gasteiger partial charge in [0.25, 0.3) is 0 Å². The van der Waals surface area contributed by atoms with E-state index in [0.29, 0.717) is 123 Å². The summed E-state index contributed by atoms with van der Waals surface area (Å²) in [5.41, 5.74) is -1.04. The summed E-state index contributed by atoms with van der Waals surface area (Å²) in [6, 6.07) is 0. The number of rotatable bonds is 50. The highest BCUT2D eigenvalue weighted by Crippen LogP contribution is 2.22. The van der Waals surface area contributed by atoms with Crippen LogP contribution in [-0.2, 0) is 57.1 Å². The van der Waals surface area contributed by atoms with Crippen LogP contribution in [0.25, 0.3) is 0 Å². The van der Waals surface area contributed by atoms with Crippen molar-refractivity contribution in [2.45, 2.75) is 51.4 Å². The molecule has 0 radical (unpaired) electrons. The number of ether oxygens (including phenoxy) is 8. The standard InChI is InChI=1S/C51H86N6O12S16/c1-82-47(78)8-6-16-57(50(81)85-4)20-12-46(61)69-30-26-65-38-51(35-62-23-27-66-43(58)9-17-54(40(75)32-71)15-5-7-39(74)31-70,36-63-24-28-67-44(59)10-18-55(41(76)33-72)21-13-52-48(79)83-2)37-64-25-29-68-45(60)11-19-56(42(77)34-73)22-14-53-49(80)84-3/h70-73H,5-38H2,1-4H3,(H,52,79)(H,53,80). The number of nitrogens with zero attached hydrogens (tertiary/aromatic N) is 4. The first-order valence-corrected chi connectivity index (χ1v) is 37.7. The lowest BCUT2D eigenvalue weighted by Crippen LogP contribution is -2.43. The highest BCUT2D eigenvalue weighted by atomic mass is 32.2. The number of nitrogens with one attached hydrogen (secondary N) is 2. The van der Waals surface area contributed by atoms with E-state index < -0.39 is 29.3 Å². The van der Waals surface area contributed by atoms with Crippen molar-refractivity contribution >= 4 is 256 Å². The lowest BCUT2D eigenvalue weighted by Gasteiger charge is -2.33. The van der Waals surface area contributed by atoms with E-state index in [9.17, 15) is 19.2 Å². The van der Waals surface area contributed by atoms with Gasteiger partial charge >= 0.3 is 23.9 Å². The molecular weight excluding hydrogens is 1400 g/mol. The van der Waals surface area contributed by atoms with Gasteiger partial charge in [-0.25, -0.2) is 0 Å². The van der Waals surface area contributed by atoms with Gasteiger partial charge in [0, 0.05) is 97.5 Å². The Hall–Kier alpha value is 0.0400. The van der Waals surface area contributed by atoms with E-state index in [1.165, 1.54) is 35.3 Å². The summed E-state index contributed by atoms with van der Waals surface area (Å²) >= 11 is 66.3. The second kappa shape index (κ2) is 55.7. The fourth-order valence-electron chi connectivity index (χ4n) is 7.06. The summed E-state index contributed by atoms with van der Waals surface area (Å²) in [4.78, 5) is 62.2. The second-order valence-corrected chi connectivity index (χ2v) is 27.3. The van der Waals surface area contributed by atoms with Gasteiger partial charge < -0.3 is 68.1 Å². The SMILES string of the molecule is CSC(=S)CCCN(CCC(=O)OCCOCC(COCCOC(=O)CCN(CCCC(=S)CS)C(=S)CS)(COCCOC(=O)CCN(CCNC(=S)SC)C(=S)CS)COCCOC(=O)CCN(CCNC(=S)SC)C(=S)CS)C(=S)SC. The van der Waals surface area contributed by atoms with Gasteiger partial charge in [0.1, 0.15) is 39.4 Å². The van der Waals surface area contributed by atoms with E-state index in [2.05, 4.69) is 61.1 Å². The van der Waals surface area contributed by atoms with Crippen LogP contribution in [0.2, 0.25) is 0 Å². The number of thiol groups is 4. The molecule has 0 aliphatic carbocycles. The lowest BCUT2D eigenvalue weighted by atomic mass is 9.92. The van der Waals surface area contributed by atoms with Crippen LogP contribution in [0, 0.1) is 5.41 Å². The van der Waals surface area contributed by atoms with E-state index >= 15 is 0 Å². The van der Waals surface area contributed by atoms with E-state index in [1.54, 1.807) is 11.8 Å². The third-order valence-electron chi connectivity index (χ3n) is 11.6. The molecule has 85 heavy (non-hydrogen) atoms. The van der Waals surface area contributed by atoms with E-state index in [4.69, 9.17) is 136 Å². The Bertz CT molecular complexity index is 1770. The molecule has 0 heterocycles. The maximum absolute atomic E-state index is 13.0. The molecule has 0 aromatic rings. The second-order valence-electron chi connectivity index (χ2n) is 18.0. The molecule has 488 valence electrons. The Kier molecular flexibility index (Phi) is 55.7. The molecule has 0 unspecified atom stereocenters. The van der Waals surface area contributed by atoms with Crippen molar-refractivity contribution in [2.24, 2.45) is 5.41 Å². The van der Waals surface area contributed by atoms with Crippen LogP contribution < -0.4 is 10.6 Å². The third-order valence-corrected chi connectivity index (χ3v) is 20.3. The highest BCUT2D eigenvalue weighted by Gasteiger charge is 2.33. The molecule has 0 fully saturated rings. The predicted molar refractivity (Wildman–Crippen MR) is 399 cm³/mol. The third kappa shape index (κ3) is 45.1. The van der Waals surface area contributed by atoms with Gasteiger partial charge in [-0.2, -0.15) is 50.5 Å². The molecule has 0 bridgehead atoms. The first-order chi connectivity index (χ1) is 40.8. The van der Waals surface area contributed by atoms with Gasteiger partial charge in [-0.05, 0) is 50.7 Å². The fourth-order valence-corrected chi connectivity index (χ4v) is 10.3. The molecule has 0 amide bonds. The minimum absolute atomic E-state index is 0.0000964. The van der Waals surface area contributed by atoms with Crippen molar-refractivity contribution in [2.75, 3.05) is 193 Å². The van der Waals surface area contributed by atoms with Crippen molar-refractivity contribution in [3.63, 3.8) is 0 Å². The summed E-state index contributed by atoms with van der Waals surface area (Å²) in [5.74, 6) is -0.197. The van der Waals surface area contributed by atoms with Crippen LogP contribution in [0.15, 0.2) is 0 Å². The van der Waals surface area contributed by atoms with Crippen molar-refractivity contribution < 1.29 is 57.1 Å². The Balaban J connectivity index is 6.24. The van der Waals surface area contributed by atoms with E-state index in [0.717, 1.165) is 28.3 Å². The lowest BCUT2D eigenvalue weighted by molar-refractivity contribution is -0.151. The number of thioether (sulfide) groups is 4. The molecule has 0 saturated heterocycles. The van der Waals surface area contributed by atoms with Gasteiger partial charge in [-0.3, -0.25) is 19.2 Å². The maximum atomic E-state index is 13.0. The molecule has 0 saturated carbocycles. The summed E-state index contributed by atoms with van der Waals surface area (Å²) in [6.45, 7) is 4.45. The van der Waals surface area contributed by atoms with Crippen LogP contribution >= 0.6 is 195 Å². The normalized spacial score (nSPS) is 11.0. The molecule has 0 atom stereocenters. The Morgan fingerprint density at radius 1 is 0.400 bits per heavy atom. The number of carbonyl (C=O) groups excluding carboxylic acids is 4. The van der Waals surface area contributed by atoms with Crippen LogP contribution in [0.4, 0.5) is 0 Å². The number of carbonyl (C=O) groups is 4. The molecule has 0 rings (SSSR count). The Labute approximate surface area is 587 Å². The largest absolute Gasteiger partial charge is 0.463 e. The van der Waals surface area contributed by atoms with E-state index in [1.807, 2.05) is 44.6 Å².